The van der Waals surface area contributed by atoms with Crippen molar-refractivity contribution in [2.75, 3.05) is 20.3 Å². The lowest BCUT2D eigenvalue weighted by Crippen LogP contribution is -2.56. The number of hydrogen-bond acceptors (Lipinski definition) is 6. The first kappa shape index (κ1) is 24.0. The summed E-state index contributed by atoms with van der Waals surface area (Å²) in [5.74, 6) is 0.470. The molecule has 1 unspecified atom stereocenters. The van der Waals surface area contributed by atoms with Crippen molar-refractivity contribution >= 4 is 55.7 Å². The molecule has 0 bridgehead atoms. The molecule has 0 saturated carbocycles. The van der Waals surface area contributed by atoms with Gasteiger partial charge < -0.3 is 15.2 Å². The van der Waals surface area contributed by atoms with E-state index in [0.29, 0.717) is 21.6 Å². The van der Waals surface area contributed by atoms with Crippen molar-refractivity contribution in [1.29, 1.82) is 0 Å². The fourth-order valence-corrected chi connectivity index (χ4v) is 5.33. The van der Waals surface area contributed by atoms with Crippen molar-refractivity contribution in [3.05, 3.63) is 68.7 Å². The molecular formula is C23H18BrF3N4O3S. The first-order valence-electron chi connectivity index (χ1n) is 10.4. The van der Waals surface area contributed by atoms with E-state index in [4.69, 9.17) is 4.74 Å². The SMILES string of the molecule is CN=C1NC(=O)S/C1=C\c1ccc2nn(C(c3ccc(Br)cc3C(F)(F)F)C3(O)COC3)cc2c1. The second-order valence-electron chi connectivity index (χ2n) is 8.25. The van der Waals surface area contributed by atoms with Gasteiger partial charge in [-0.1, -0.05) is 28.1 Å². The van der Waals surface area contributed by atoms with Gasteiger partial charge in [-0.05, 0) is 53.2 Å². The van der Waals surface area contributed by atoms with Crippen LogP contribution >= 0.6 is 27.7 Å². The zero-order chi connectivity index (χ0) is 25.0. The maximum absolute atomic E-state index is 13.9. The van der Waals surface area contributed by atoms with Crippen LogP contribution in [0.2, 0.25) is 0 Å². The number of nitrogens with one attached hydrogen (secondary N) is 1. The molecule has 1 amide bonds. The lowest BCUT2D eigenvalue weighted by atomic mass is 9.84. The zero-order valence-electron chi connectivity index (χ0n) is 18.1. The van der Waals surface area contributed by atoms with Gasteiger partial charge in [0, 0.05) is 23.1 Å². The third-order valence-electron chi connectivity index (χ3n) is 5.82. The van der Waals surface area contributed by atoms with Gasteiger partial charge in [-0.2, -0.15) is 18.3 Å². The van der Waals surface area contributed by atoms with Crippen LogP contribution in [0.4, 0.5) is 18.0 Å². The molecule has 3 aromatic rings. The van der Waals surface area contributed by atoms with E-state index in [2.05, 4.69) is 31.3 Å². The summed E-state index contributed by atoms with van der Waals surface area (Å²) in [5.41, 5.74) is -1.20. The summed E-state index contributed by atoms with van der Waals surface area (Å²) in [7, 11) is 1.58. The fraction of sp³-hybridized carbons (Fsp3) is 0.261. The predicted octanol–water partition coefficient (Wildman–Crippen LogP) is 4.99. The number of rotatable bonds is 4. The van der Waals surface area contributed by atoms with E-state index in [1.54, 1.807) is 31.5 Å². The van der Waals surface area contributed by atoms with E-state index >= 15 is 0 Å². The number of amides is 1. The van der Waals surface area contributed by atoms with Crippen molar-refractivity contribution in [2.45, 2.75) is 17.8 Å². The Balaban J connectivity index is 1.60. The number of benzene rings is 2. The van der Waals surface area contributed by atoms with Gasteiger partial charge in [0.1, 0.15) is 17.5 Å². The summed E-state index contributed by atoms with van der Waals surface area (Å²) in [5, 5.41) is 18.8. The maximum Gasteiger partial charge on any atom is 0.416 e. The molecule has 2 N–H and O–H groups in total. The summed E-state index contributed by atoms with van der Waals surface area (Å²) < 4.78 is 48.7. The molecule has 0 radical (unpaired) electrons. The Kier molecular flexibility index (Phi) is 6.02. The molecule has 182 valence electrons. The second-order valence-corrected chi connectivity index (χ2v) is 10.2. The van der Waals surface area contributed by atoms with Crippen LogP contribution in [0, 0.1) is 0 Å². The number of nitrogens with zero attached hydrogens (tertiary/aromatic N) is 3. The lowest BCUT2D eigenvalue weighted by molar-refractivity contribution is -0.198. The molecule has 7 nitrogen and oxygen atoms in total. The first-order valence-corrected chi connectivity index (χ1v) is 12.0. The van der Waals surface area contributed by atoms with Crippen LogP contribution in [0.5, 0.6) is 0 Å². The van der Waals surface area contributed by atoms with E-state index in [9.17, 15) is 23.1 Å². The summed E-state index contributed by atoms with van der Waals surface area (Å²) in [6.07, 6.45) is -1.23. The average Bonchev–Trinajstić information content (AvgIpc) is 3.35. The monoisotopic (exact) mass is 566 g/mol. The smallest absolute Gasteiger partial charge is 0.382 e. The molecule has 35 heavy (non-hydrogen) atoms. The van der Waals surface area contributed by atoms with Crippen molar-refractivity contribution < 1.29 is 27.8 Å². The lowest BCUT2D eigenvalue weighted by Gasteiger charge is -2.43. The first-order chi connectivity index (χ1) is 16.6. The van der Waals surface area contributed by atoms with Crippen molar-refractivity contribution in [1.82, 2.24) is 15.1 Å². The van der Waals surface area contributed by atoms with E-state index in [-0.39, 0.29) is 28.5 Å². The molecule has 5 rings (SSSR count). The number of halogens is 4. The molecule has 1 aromatic heterocycles. The maximum atomic E-state index is 13.9. The van der Waals surface area contributed by atoms with E-state index < -0.39 is 23.4 Å². The highest BCUT2D eigenvalue weighted by molar-refractivity contribution is 9.10. The number of carbonyl (C=O) groups excluding carboxylic acids is 1. The highest BCUT2D eigenvalue weighted by Gasteiger charge is 2.49. The van der Waals surface area contributed by atoms with Gasteiger partial charge in [0.25, 0.3) is 5.24 Å². The Bertz CT molecular complexity index is 1400. The highest BCUT2D eigenvalue weighted by atomic mass is 79.9. The normalized spacial score (nSPS) is 20.9. The minimum atomic E-state index is -4.63. The largest absolute Gasteiger partial charge is 0.416 e. The van der Waals surface area contributed by atoms with Crippen LogP contribution in [0.1, 0.15) is 22.7 Å². The van der Waals surface area contributed by atoms with Crippen LogP contribution in [0.3, 0.4) is 0 Å². The topological polar surface area (TPSA) is 88.7 Å². The van der Waals surface area contributed by atoms with Crippen LogP contribution in [0.15, 0.2) is 57.0 Å². The van der Waals surface area contributed by atoms with E-state index in [1.807, 2.05) is 6.07 Å². The molecular weight excluding hydrogens is 549 g/mol. The van der Waals surface area contributed by atoms with Crippen molar-refractivity contribution in [3.63, 3.8) is 0 Å². The predicted molar refractivity (Wildman–Crippen MR) is 130 cm³/mol. The molecule has 1 atom stereocenters. The van der Waals surface area contributed by atoms with Gasteiger partial charge >= 0.3 is 6.18 Å². The summed E-state index contributed by atoms with van der Waals surface area (Å²) in [6.45, 7) is -0.230. The molecule has 0 aliphatic carbocycles. The molecule has 2 fully saturated rings. The average molecular weight is 567 g/mol. The minimum absolute atomic E-state index is 0.0996. The molecule has 2 aliphatic heterocycles. The number of alkyl halides is 3. The number of thioether (sulfide) groups is 1. The zero-order valence-corrected chi connectivity index (χ0v) is 20.5. The standard InChI is InChI=1S/C23H18BrF3N4O3S/c1-28-20-18(35-21(32)29-20)7-12-2-5-17-13(6-12)9-31(30-17)19(22(33)10-34-11-22)15-4-3-14(24)8-16(15)23(25,26)27/h2-9,19,33H,10-11H2,1H3,(H,28,29,32)/b18-7-. The van der Waals surface area contributed by atoms with Gasteiger partial charge in [0.15, 0.2) is 0 Å². The Morgan fingerprint density at radius 1 is 1.31 bits per heavy atom. The van der Waals surface area contributed by atoms with Crippen LogP contribution in [-0.4, -0.2) is 51.8 Å². The van der Waals surface area contributed by atoms with Gasteiger partial charge in [0.2, 0.25) is 0 Å². The summed E-state index contributed by atoms with van der Waals surface area (Å²) in [4.78, 5) is 16.4. The summed E-state index contributed by atoms with van der Waals surface area (Å²) in [6, 6.07) is 8.08. The van der Waals surface area contributed by atoms with Crippen molar-refractivity contribution in [2.24, 2.45) is 4.99 Å². The highest BCUT2D eigenvalue weighted by Crippen LogP contribution is 2.43. The van der Waals surface area contributed by atoms with Crippen LogP contribution in [0.25, 0.3) is 17.0 Å². The number of aromatic nitrogens is 2. The molecule has 3 heterocycles. The van der Waals surface area contributed by atoms with Gasteiger partial charge in [-0.3, -0.25) is 14.5 Å². The number of ether oxygens (including phenoxy) is 1. The van der Waals surface area contributed by atoms with E-state index in [0.717, 1.165) is 23.4 Å². The van der Waals surface area contributed by atoms with Crippen LogP contribution in [-0.2, 0) is 10.9 Å². The molecule has 2 aromatic carbocycles. The third-order valence-corrected chi connectivity index (χ3v) is 7.13. The van der Waals surface area contributed by atoms with Gasteiger partial charge in [-0.15, -0.1) is 0 Å². The molecule has 2 saturated heterocycles. The number of aliphatic imine (C=N–C) groups is 1. The third kappa shape index (κ3) is 4.51. The number of fused-ring (bicyclic) bond motifs is 1. The minimum Gasteiger partial charge on any atom is -0.382 e. The molecule has 0 spiro atoms. The number of amidine groups is 1. The van der Waals surface area contributed by atoms with Crippen molar-refractivity contribution in [3.8, 4) is 0 Å². The number of carbonyl (C=O) groups is 1. The van der Waals surface area contributed by atoms with Crippen LogP contribution < -0.4 is 5.32 Å². The van der Waals surface area contributed by atoms with E-state index in [1.165, 1.54) is 16.8 Å². The Morgan fingerprint density at radius 2 is 2.09 bits per heavy atom. The molecule has 12 heteroatoms. The molecule has 2 aliphatic rings. The fourth-order valence-electron chi connectivity index (χ4n) is 4.19. The Hall–Kier alpha value is -2.67. The summed E-state index contributed by atoms with van der Waals surface area (Å²) >= 11 is 4.14. The number of hydrogen-bond donors (Lipinski definition) is 2. The Labute approximate surface area is 210 Å². The second kappa shape index (κ2) is 8.77. The number of aliphatic hydroxyl groups is 1. The Morgan fingerprint density at radius 3 is 2.74 bits per heavy atom. The van der Waals surface area contributed by atoms with Gasteiger partial charge in [-0.25, -0.2) is 0 Å². The van der Waals surface area contributed by atoms with Gasteiger partial charge in [0.05, 0.1) is 29.2 Å². The quantitative estimate of drug-likeness (QED) is 0.464.